The molecule has 42 heavy (non-hydrogen) atoms. The van der Waals surface area contributed by atoms with Crippen molar-refractivity contribution >= 4 is 26.0 Å². The minimum absolute atomic E-state index is 0.540. The predicted octanol–water partition coefficient (Wildman–Crippen LogP) is 10.6. The van der Waals surface area contributed by atoms with Crippen LogP contribution in [0, 0.1) is 0 Å². The molecule has 2 nitrogen and oxygen atoms in total. The Bertz CT molecular complexity index is 1370. The van der Waals surface area contributed by atoms with Crippen molar-refractivity contribution < 1.29 is 18.2 Å². The molecule has 0 saturated carbocycles. The Morgan fingerprint density at radius 2 is 1.07 bits per heavy atom. The number of nitrogens with zero attached hydrogens (tertiary/aromatic N) is 2. The molecule has 4 heteroatoms. The number of hydrogen-bond acceptors (Lipinski definition) is 2. The van der Waals surface area contributed by atoms with Crippen LogP contribution < -0.4 is 0 Å². The van der Waals surface area contributed by atoms with E-state index in [1.807, 2.05) is 0 Å². The zero-order valence-electron chi connectivity index (χ0n) is 29.5. The van der Waals surface area contributed by atoms with Gasteiger partial charge in [0.25, 0.3) is 0 Å². The molecular weight excluding hydrogens is 694 g/mol. The number of benzene rings is 2. The molecule has 0 bridgehead atoms. The molecule has 4 rings (SSSR count). The van der Waals surface area contributed by atoms with E-state index in [1.54, 1.807) is 44.5 Å². The predicted molar refractivity (Wildman–Crippen MR) is 186 cm³/mol. The molecule has 2 aromatic carbocycles. The summed E-state index contributed by atoms with van der Waals surface area (Å²) in [5, 5.41) is 0. The van der Waals surface area contributed by atoms with E-state index < -0.39 is 32.0 Å². The van der Waals surface area contributed by atoms with Gasteiger partial charge in [0.2, 0.25) is 0 Å². The van der Waals surface area contributed by atoms with E-state index in [2.05, 4.69) is 144 Å². The maximum atomic E-state index is 2.90. The first-order chi connectivity index (χ1) is 19.5. The van der Waals surface area contributed by atoms with E-state index >= 15 is 0 Å². The molecule has 0 aliphatic heterocycles. The minimum atomic E-state index is -3.00. The van der Waals surface area contributed by atoms with Crippen LogP contribution in [-0.4, -0.2) is 47.7 Å². The van der Waals surface area contributed by atoms with Gasteiger partial charge in [-0.1, -0.05) is 0 Å². The van der Waals surface area contributed by atoms with Crippen molar-refractivity contribution in [3.8, 4) is 0 Å². The van der Waals surface area contributed by atoms with E-state index in [-0.39, 0.29) is 0 Å². The monoisotopic (exact) mass is 753 g/mol. The summed E-state index contributed by atoms with van der Waals surface area (Å²) < 4.78 is 7.59. The van der Waals surface area contributed by atoms with Crippen molar-refractivity contribution in [3.63, 3.8) is 0 Å². The summed E-state index contributed by atoms with van der Waals surface area (Å²) in [7, 11) is 9.67. The zero-order valence-corrected chi connectivity index (χ0v) is 34.8. The summed E-state index contributed by atoms with van der Waals surface area (Å²) in [4.78, 5) is 2.90. The summed E-state index contributed by atoms with van der Waals surface area (Å²) >= 11 is -5.17. The molecule has 2 aromatic rings. The van der Waals surface area contributed by atoms with Crippen LogP contribution in [0.2, 0.25) is 9.38 Å². The molecule has 2 aliphatic carbocycles. The molecular formula is C38H59N2SnZr. The molecule has 3 unspecified atom stereocenters. The quantitative estimate of drug-likeness (QED) is 0.223. The molecule has 0 amide bonds. The molecule has 229 valence electrons. The van der Waals surface area contributed by atoms with E-state index in [1.165, 1.54) is 15.6 Å². The van der Waals surface area contributed by atoms with Gasteiger partial charge in [0.15, 0.2) is 0 Å². The van der Waals surface area contributed by atoms with E-state index in [4.69, 9.17) is 0 Å². The van der Waals surface area contributed by atoms with Gasteiger partial charge < -0.3 is 0 Å². The van der Waals surface area contributed by atoms with Crippen LogP contribution in [0.15, 0.2) is 35.4 Å². The molecule has 0 aromatic heterocycles. The number of rotatable bonds is 10. The van der Waals surface area contributed by atoms with Crippen molar-refractivity contribution in [1.82, 2.24) is 5.69 Å². The molecule has 0 spiro atoms. The summed E-state index contributed by atoms with van der Waals surface area (Å²) in [5.74, 6) is 2.74. The Morgan fingerprint density at radius 3 is 1.50 bits per heavy atom. The van der Waals surface area contributed by atoms with Crippen molar-refractivity contribution in [1.29, 1.82) is 0 Å². The van der Waals surface area contributed by atoms with Crippen LogP contribution in [-0.2, 0) is 18.2 Å². The topological polar surface area (TPSA) is 6.48 Å². The second-order valence-electron chi connectivity index (χ2n) is 15.3. The number of hydrogen-bond donors (Lipinski definition) is 0. The zero-order chi connectivity index (χ0) is 31.4. The Labute approximate surface area is 268 Å². The molecule has 0 radical (unpaired) electrons. The van der Waals surface area contributed by atoms with Gasteiger partial charge in [-0.25, -0.2) is 0 Å². The van der Waals surface area contributed by atoms with Gasteiger partial charge in [-0.2, -0.15) is 0 Å². The van der Waals surface area contributed by atoms with Gasteiger partial charge >= 0.3 is 270 Å². The first-order valence-electron chi connectivity index (χ1n) is 16.4. The fraction of sp³-hybridized carbons (Fsp3) is 0.579. The summed E-state index contributed by atoms with van der Waals surface area (Å²) in [6, 6.07) is 10.3. The Kier molecular flexibility index (Phi) is 10.7. The third-order valence-corrected chi connectivity index (χ3v) is 66.7. The molecule has 2 aliphatic rings. The Balaban J connectivity index is 1.96. The fourth-order valence-corrected chi connectivity index (χ4v) is 78.4. The van der Waals surface area contributed by atoms with Crippen molar-refractivity contribution in [3.05, 3.63) is 79.9 Å². The third-order valence-electron chi connectivity index (χ3n) is 10.2. The third kappa shape index (κ3) is 6.30. The molecule has 0 saturated heterocycles. The van der Waals surface area contributed by atoms with Crippen LogP contribution in [0.3, 0.4) is 0 Å². The van der Waals surface area contributed by atoms with Crippen molar-refractivity contribution in [2.75, 3.05) is 28.2 Å². The average molecular weight is 754 g/mol. The summed E-state index contributed by atoms with van der Waals surface area (Å²) in [6.45, 7) is 24.0. The van der Waals surface area contributed by atoms with Crippen molar-refractivity contribution in [2.45, 2.75) is 112 Å². The van der Waals surface area contributed by atoms with Gasteiger partial charge in [0.1, 0.15) is 0 Å². The number of allylic oxidation sites excluding steroid dienone is 2. The van der Waals surface area contributed by atoms with Gasteiger partial charge in [-0.3, -0.25) is 0 Å². The van der Waals surface area contributed by atoms with E-state index in [9.17, 15) is 0 Å². The number of fused-ring (bicyclic) bond motifs is 2. The van der Waals surface area contributed by atoms with Gasteiger partial charge in [0, 0.05) is 0 Å². The Morgan fingerprint density at radius 1 is 0.643 bits per heavy atom. The molecule has 3 atom stereocenters. The fourth-order valence-electron chi connectivity index (χ4n) is 8.36. The first-order valence-corrected chi connectivity index (χ1v) is 34.8. The molecule has 0 heterocycles. The van der Waals surface area contributed by atoms with Crippen LogP contribution in [0.1, 0.15) is 147 Å². The van der Waals surface area contributed by atoms with Crippen LogP contribution in [0.25, 0.3) is 12.2 Å². The van der Waals surface area contributed by atoms with Gasteiger partial charge in [0.05, 0.1) is 0 Å². The van der Waals surface area contributed by atoms with Crippen molar-refractivity contribution in [2.24, 2.45) is 0 Å². The van der Waals surface area contributed by atoms with Crippen LogP contribution >= 0.6 is 0 Å². The molecule has 0 N–H and O–H groups in total. The summed E-state index contributed by atoms with van der Waals surface area (Å²) in [6.07, 6.45) is 5.21. The standard InChI is InChI=1S/C17H23.C16H21.2C2H6N.CH3.Sn.Zr/c1-10(2)14-8-15(11(3)4)17-7-12(5)13(6)16(17)9-14;1-10(2)13-8-14-6-12(5)7-16(14)15(9-13)11(3)4;2*1-3-2;;;/h7-11,13H,6H2,1-5H3;6-11H,1-5H3;2*1-2H3;1H3;;/q;;2*-1;;;+2. The SMILES string of the molecule is CC1=Cc2c(C(C)C)cc(C(C)C)cc2C1[CH2][Sn]([CH3])([CH]1C(C)=Cc2c(C(C)C)cc(C(C)C)cc21)[Zr]([N](C)C)[N](C)C. The van der Waals surface area contributed by atoms with E-state index in [0.29, 0.717) is 33.5 Å². The second-order valence-corrected chi connectivity index (χ2v) is 58.6. The van der Waals surface area contributed by atoms with Gasteiger partial charge in [-0.05, 0) is 0 Å². The second kappa shape index (κ2) is 13.1. The van der Waals surface area contributed by atoms with Crippen LogP contribution in [0.4, 0.5) is 0 Å². The Hall–Kier alpha value is -0.478. The van der Waals surface area contributed by atoms with E-state index in [0.717, 1.165) is 0 Å². The van der Waals surface area contributed by atoms with Crippen LogP contribution in [0.5, 0.6) is 0 Å². The maximum absolute atomic E-state index is 3.00. The normalized spacial score (nSPS) is 19.7. The first kappa shape index (κ1) is 34.4. The molecule has 0 fully saturated rings. The van der Waals surface area contributed by atoms with Gasteiger partial charge in [-0.15, -0.1) is 0 Å². The summed E-state index contributed by atoms with van der Waals surface area (Å²) in [5.41, 5.74) is 15.9. The average Bonchev–Trinajstić information content (AvgIpc) is 3.37.